The zero-order valence-corrected chi connectivity index (χ0v) is 11.4. The Labute approximate surface area is 109 Å². The van der Waals surface area contributed by atoms with Crippen molar-refractivity contribution in [2.45, 2.75) is 57.6 Å². The minimum atomic E-state index is -0.620. The van der Waals surface area contributed by atoms with Crippen molar-refractivity contribution in [1.82, 2.24) is 5.32 Å². The molecule has 2 aliphatic carbocycles. The van der Waals surface area contributed by atoms with Crippen LogP contribution in [-0.2, 0) is 9.53 Å². The fourth-order valence-electron chi connectivity index (χ4n) is 2.76. The van der Waals surface area contributed by atoms with Crippen LogP contribution >= 0.6 is 0 Å². The molecule has 2 fully saturated rings. The molecule has 2 unspecified atom stereocenters. The molecule has 0 bridgehead atoms. The van der Waals surface area contributed by atoms with Crippen molar-refractivity contribution in [3.05, 3.63) is 0 Å². The highest BCUT2D eigenvalue weighted by Gasteiger charge is 2.39. The van der Waals surface area contributed by atoms with Gasteiger partial charge in [-0.3, -0.25) is 4.79 Å². The molecule has 2 atom stereocenters. The highest BCUT2D eigenvalue weighted by atomic mass is 16.5. The summed E-state index contributed by atoms with van der Waals surface area (Å²) in [5.74, 6) is 0.651. The van der Waals surface area contributed by atoms with Gasteiger partial charge in [0.1, 0.15) is 0 Å². The maximum Gasteiger partial charge on any atom is 0.308 e. The number of carbonyl (C=O) groups is 1. The van der Waals surface area contributed by atoms with Gasteiger partial charge < -0.3 is 15.2 Å². The molecular formula is C14H25NO3. The molecule has 2 saturated carbocycles. The third-order valence-corrected chi connectivity index (χ3v) is 4.34. The molecule has 2 rings (SSSR count). The zero-order valence-electron chi connectivity index (χ0n) is 11.4. The lowest BCUT2D eigenvalue weighted by molar-refractivity contribution is -0.151. The maximum absolute atomic E-state index is 11.6. The van der Waals surface area contributed by atoms with Crippen LogP contribution in [0.1, 0.15) is 46.0 Å². The average Bonchev–Trinajstić information content (AvgIpc) is 3.04. The molecular weight excluding hydrogens is 230 g/mol. The van der Waals surface area contributed by atoms with E-state index in [0.29, 0.717) is 32.0 Å². The van der Waals surface area contributed by atoms with Gasteiger partial charge in [-0.05, 0) is 44.9 Å². The standard InChI is InChI=1S/C14H25NO3/c1-3-18-13(16)11-4-6-14(17,7-5-11)9-15-12-8-10(12)2/h10-12,15,17H,3-9H2,1-2H3. The molecule has 0 aromatic heterocycles. The van der Waals surface area contributed by atoms with Gasteiger partial charge in [0.25, 0.3) is 0 Å². The smallest absolute Gasteiger partial charge is 0.308 e. The minimum absolute atomic E-state index is 0.00919. The molecule has 0 heterocycles. The Kier molecular flexibility index (Phi) is 4.28. The molecule has 104 valence electrons. The summed E-state index contributed by atoms with van der Waals surface area (Å²) in [6.07, 6.45) is 4.12. The Morgan fingerprint density at radius 3 is 2.56 bits per heavy atom. The van der Waals surface area contributed by atoms with E-state index in [0.717, 1.165) is 18.8 Å². The third kappa shape index (κ3) is 3.45. The molecule has 2 aliphatic rings. The van der Waals surface area contributed by atoms with E-state index in [1.165, 1.54) is 6.42 Å². The van der Waals surface area contributed by atoms with Crippen LogP contribution in [0.15, 0.2) is 0 Å². The van der Waals surface area contributed by atoms with Gasteiger partial charge >= 0.3 is 5.97 Å². The van der Waals surface area contributed by atoms with Crippen LogP contribution in [0.5, 0.6) is 0 Å². The Morgan fingerprint density at radius 2 is 2.06 bits per heavy atom. The number of hydrogen-bond donors (Lipinski definition) is 2. The summed E-state index contributed by atoms with van der Waals surface area (Å²) in [5, 5.41) is 13.9. The van der Waals surface area contributed by atoms with E-state index in [4.69, 9.17) is 4.74 Å². The van der Waals surface area contributed by atoms with E-state index in [-0.39, 0.29) is 11.9 Å². The number of rotatable bonds is 5. The first kappa shape index (κ1) is 13.8. The quantitative estimate of drug-likeness (QED) is 0.730. The van der Waals surface area contributed by atoms with Gasteiger partial charge in [0.2, 0.25) is 0 Å². The fourth-order valence-corrected chi connectivity index (χ4v) is 2.76. The van der Waals surface area contributed by atoms with Gasteiger partial charge in [-0.25, -0.2) is 0 Å². The van der Waals surface area contributed by atoms with Gasteiger partial charge in [-0.2, -0.15) is 0 Å². The van der Waals surface area contributed by atoms with Crippen LogP contribution in [0, 0.1) is 11.8 Å². The molecule has 0 aliphatic heterocycles. The SMILES string of the molecule is CCOC(=O)C1CCC(O)(CNC2CC2C)CC1. The molecule has 4 heteroatoms. The molecule has 4 nitrogen and oxygen atoms in total. The van der Waals surface area contributed by atoms with Gasteiger partial charge in [0, 0.05) is 12.6 Å². The third-order valence-electron chi connectivity index (χ3n) is 4.34. The molecule has 0 amide bonds. The minimum Gasteiger partial charge on any atom is -0.466 e. The van der Waals surface area contributed by atoms with E-state index in [1.807, 2.05) is 6.92 Å². The van der Waals surface area contributed by atoms with Gasteiger partial charge in [-0.15, -0.1) is 0 Å². The highest BCUT2D eigenvalue weighted by molar-refractivity contribution is 5.72. The molecule has 18 heavy (non-hydrogen) atoms. The van der Waals surface area contributed by atoms with Gasteiger partial charge in [0.05, 0.1) is 18.1 Å². The number of aliphatic hydroxyl groups is 1. The first-order valence-corrected chi connectivity index (χ1v) is 7.16. The first-order valence-electron chi connectivity index (χ1n) is 7.16. The zero-order chi connectivity index (χ0) is 13.2. The summed E-state index contributed by atoms with van der Waals surface area (Å²) >= 11 is 0. The van der Waals surface area contributed by atoms with Crippen LogP contribution in [0.25, 0.3) is 0 Å². The van der Waals surface area contributed by atoms with Crippen molar-refractivity contribution in [2.75, 3.05) is 13.2 Å². The average molecular weight is 255 g/mol. The first-order chi connectivity index (χ1) is 8.54. The lowest BCUT2D eigenvalue weighted by atomic mass is 9.78. The normalized spacial score (nSPS) is 39.4. The van der Waals surface area contributed by atoms with E-state index in [9.17, 15) is 9.90 Å². The van der Waals surface area contributed by atoms with Crippen molar-refractivity contribution in [2.24, 2.45) is 11.8 Å². The van der Waals surface area contributed by atoms with Crippen molar-refractivity contribution in [1.29, 1.82) is 0 Å². The number of ether oxygens (including phenoxy) is 1. The largest absolute Gasteiger partial charge is 0.466 e. The van der Waals surface area contributed by atoms with Crippen LogP contribution < -0.4 is 5.32 Å². The Morgan fingerprint density at radius 1 is 1.44 bits per heavy atom. The van der Waals surface area contributed by atoms with Gasteiger partial charge in [-0.1, -0.05) is 6.92 Å². The molecule has 0 aromatic carbocycles. The van der Waals surface area contributed by atoms with E-state index >= 15 is 0 Å². The van der Waals surface area contributed by atoms with Crippen LogP contribution in [0.3, 0.4) is 0 Å². The number of nitrogens with one attached hydrogen (secondary N) is 1. The number of esters is 1. The summed E-state index contributed by atoms with van der Waals surface area (Å²) in [4.78, 5) is 11.6. The molecule has 0 aromatic rings. The maximum atomic E-state index is 11.6. The second-order valence-electron chi connectivity index (χ2n) is 5.95. The summed E-state index contributed by atoms with van der Waals surface area (Å²) in [6, 6.07) is 0.594. The topological polar surface area (TPSA) is 58.6 Å². The van der Waals surface area contributed by atoms with Crippen LogP contribution in [-0.4, -0.2) is 35.9 Å². The van der Waals surface area contributed by atoms with E-state index < -0.39 is 5.60 Å². The lowest BCUT2D eigenvalue weighted by Gasteiger charge is -2.35. The summed E-state index contributed by atoms with van der Waals surface area (Å²) < 4.78 is 5.04. The second-order valence-corrected chi connectivity index (χ2v) is 5.95. The molecule has 0 radical (unpaired) electrons. The number of carbonyl (C=O) groups excluding carboxylic acids is 1. The Hall–Kier alpha value is -0.610. The van der Waals surface area contributed by atoms with Crippen molar-refractivity contribution < 1.29 is 14.6 Å². The van der Waals surface area contributed by atoms with Crippen molar-refractivity contribution in [3.63, 3.8) is 0 Å². The predicted octanol–water partition coefficient (Wildman–Crippen LogP) is 1.47. The van der Waals surface area contributed by atoms with Gasteiger partial charge in [0.15, 0.2) is 0 Å². The number of hydrogen-bond acceptors (Lipinski definition) is 4. The summed E-state index contributed by atoms with van der Waals surface area (Å²) in [5.41, 5.74) is -0.620. The van der Waals surface area contributed by atoms with E-state index in [2.05, 4.69) is 12.2 Å². The highest BCUT2D eigenvalue weighted by Crippen LogP contribution is 2.34. The van der Waals surface area contributed by atoms with Crippen molar-refractivity contribution >= 4 is 5.97 Å². The molecule has 0 spiro atoms. The fraction of sp³-hybridized carbons (Fsp3) is 0.929. The molecule has 0 saturated heterocycles. The van der Waals surface area contributed by atoms with Crippen molar-refractivity contribution in [3.8, 4) is 0 Å². The summed E-state index contributed by atoms with van der Waals surface area (Å²) in [7, 11) is 0. The predicted molar refractivity (Wildman–Crippen MR) is 69.1 cm³/mol. The monoisotopic (exact) mass is 255 g/mol. The Balaban J connectivity index is 1.72. The molecule has 2 N–H and O–H groups in total. The Bertz CT molecular complexity index is 297. The lowest BCUT2D eigenvalue weighted by Crippen LogP contribution is -2.45. The second kappa shape index (κ2) is 5.57. The summed E-state index contributed by atoms with van der Waals surface area (Å²) in [6.45, 7) is 5.16. The van der Waals surface area contributed by atoms with Crippen LogP contribution in [0.2, 0.25) is 0 Å². The van der Waals surface area contributed by atoms with Crippen LogP contribution in [0.4, 0.5) is 0 Å². The van der Waals surface area contributed by atoms with E-state index in [1.54, 1.807) is 0 Å².